The smallest absolute Gasteiger partial charge is 0.303 e. The van der Waals surface area contributed by atoms with Gasteiger partial charge in [-0.25, -0.2) is 0 Å². The Balaban J connectivity index is 3.48. The van der Waals surface area contributed by atoms with Crippen LogP contribution >= 0.6 is 11.8 Å². The summed E-state index contributed by atoms with van der Waals surface area (Å²) in [5.74, 6) is 0.799. The molecular weight excluding hydrogens is 238 g/mol. The molecule has 4 nitrogen and oxygen atoms in total. The van der Waals surface area contributed by atoms with Gasteiger partial charge >= 0.3 is 5.97 Å². The van der Waals surface area contributed by atoms with Gasteiger partial charge in [0.05, 0.1) is 5.75 Å². The Hall–Kier alpha value is -0.710. The van der Waals surface area contributed by atoms with E-state index in [2.05, 4.69) is 12.2 Å². The van der Waals surface area contributed by atoms with E-state index in [1.165, 1.54) is 0 Å². The molecule has 1 atom stereocenters. The molecule has 0 saturated heterocycles. The highest BCUT2D eigenvalue weighted by atomic mass is 32.2. The van der Waals surface area contributed by atoms with Crippen molar-refractivity contribution in [1.29, 1.82) is 0 Å². The molecule has 0 aliphatic heterocycles. The lowest BCUT2D eigenvalue weighted by Crippen LogP contribution is -2.33. The number of carboxylic acids is 1. The van der Waals surface area contributed by atoms with Crippen LogP contribution in [0.5, 0.6) is 0 Å². The molecule has 0 bridgehead atoms. The molecule has 0 saturated carbocycles. The zero-order valence-corrected chi connectivity index (χ0v) is 11.5. The van der Waals surface area contributed by atoms with Gasteiger partial charge in [0.15, 0.2) is 0 Å². The molecule has 2 N–H and O–H groups in total. The van der Waals surface area contributed by atoms with Crippen LogP contribution in [0, 0.1) is 0 Å². The largest absolute Gasteiger partial charge is 0.481 e. The summed E-state index contributed by atoms with van der Waals surface area (Å²) in [5, 5.41) is 11.4. The lowest BCUT2D eigenvalue weighted by Gasteiger charge is -2.12. The maximum absolute atomic E-state index is 11.5. The highest BCUT2D eigenvalue weighted by molar-refractivity contribution is 7.99. The van der Waals surface area contributed by atoms with Crippen LogP contribution in [0.4, 0.5) is 0 Å². The fourth-order valence-electron chi connectivity index (χ4n) is 1.36. The van der Waals surface area contributed by atoms with Crippen molar-refractivity contribution in [2.45, 2.75) is 52.0 Å². The van der Waals surface area contributed by atoms with Gasteiger partial charge in [0, 0.05) is 12.5 Å². The van der Waals surface area contributed by atoms with Crippen LogP contribution in [-0.2, 0) is 9.59 Å². The van der Waals surface area contributed by atoms with Gasteiger partial charge < -0.3 is 10.4 Å². The van der Waals surface area contributed by atoms with Gasteiger partial charge in [0.25, 0.3) is 0 Å². The zero-order valence-electron chi connectivity index (χ0n) is 10.7. The minimum absolute atomic E-state index is 0.0499. The van der Waals surface area contributed by atoms with E-state index in [0.29, 0.717) is 12.2 Å². The average molecular weight is 261 g/mol. The number of hydrogen-bond acceptors (Lipinski definition) is 3. The maximum atomic E-state index is 11.5. The first-order valence-corrected chi connectivity index (χ1v) is 7.30. The predicted molar refractivity (Wildman–Crippen MR) is 71.3 cm³/mol. The van der Waals surface area contributed by atoms with Gasteiger partial charge in [-0.1, -0.05) is 13.3 Å². The highest BCUT2D eigenvalue weighted by Crippen LogP contribution is 2.05. The summed E-state index contributed by atoms with van der Waals surface area (Å²) in [5.41, 5.74) is 0. The number of amides is 1. The van der Waals surface area contributed by atoms with E-state index in [1.807, 2.05) is 6.92 Å². The molecule has 0 heterocycles. The number of hydrogen-bond donors (Lipinski definition) is 2. The molecule has 1 unspecified atom stereocenters. The van der Waals surface area contributed by atoms with Crippen molar-refractivity contribution in [3.05, 3.63) is 0 Å². The van der Waals surface area contributed by atoms with Gasteiger partial charge in [-0.15, -0.1) is 0 Å². The van der Waals surface area contributed by atoms with Crippen molar-refractivity contribution in [3.8, 4) is 0 Å². The zero-order chi connectivity index (χ0) is 13.1. The molecule has 100 valence electrons. The molecule has 0 aromatic heterocycles. The first-order valence-electron chi connectivity index (χ1n) is 6.15. The summed E-state index contributed by atoms with van der Waals surface area (Å²) < 4.78 is 0. The SMILES string of the molecule is CCCCSCC(=O)NC(C)CCCC(=O)O. The first-order chi connectivity index (χ1) is 8.06. The second-order valence-corrected chi connectivity index (χ2v) is 5.27. The molecule has 0 radical (unpaired) electrons. The monoisotopic (exact) mass is 261 g/mol. The van der Waals surface area contributed by atoms with E-state index in [9.17, 15) is 9.59 Å². The van der Waals surface area contributed by atoms with E-state index < -0.39 is 5.97 Å². The molecule has 5 heteroatoms. The molecule has 17 heavy (non-hydrogen) atoms. The Bertz CT molecular complexity index is 234. The number of aliphatic carboxylic acids is 1. The molecule has 0 rings (SSSR count). The van der Waals surface area contributed by atoms with Crippen LogP contribution in [0.2, 0.25) is 0 Å². The van der Waals surface area contributed by atoms with Crippen LogP contribution in [0.3, 0.4) is 0 Å². The standard InChI is InChI=1S/C12H23NO3S/c1-3-4-8-17-9-11(14)13-10(2)6-5-7-12(15)16/h10H,3-9H2,1-2H3,(H,13,14)(H,15,16). The lowest BCUT2D eigenvalue weighted by atomic mass is 10.1. The fraction of sp³-hybridized carbons (Fsp3) is 0.833. The lowest BCUT2D eigenvalue weighted by molar-refractivity contribution is -0.137. The number of nitrogens with one attached hydrogen (secondary N) is 1. The minimum atomic E-state index is -0.779. The summed E-state index contributed by atoms with van der Waals surface area (Å²) in [4.78, 5) is 21.8. The topological polar surface area (TPSA) is 66.4 Å². The second kappa shape index (κ2) is 10.4. The molecule has 1 amide bonds. The normalized spacial score (nSPS) is 12.1. The Morgan fingerprint density at radius 2 is 2.06 bits per heavy atom. The Labute approximate surface area is 108 Å². The van der Waals surface area contributed by atoms with Crippen molar-refractivity contribution in [2.24, 2.45) is 0 Å². The number of thioether (sulfide) groups is 1. The number of carbonyl (C=O) groups is 2. The summed E-state index contributed by atoms with van der Waals surface area (Å²) in [6, 6.07) is 0.0635. The molecule has 0 aromatic carbocycles. The van der Waals surface area contributed by atoms with Crippen molar-refractivity contribution in [2.75, 3.05) is 11.5 Å². The minimum Gasteiger partial charge on any atom is -0.481 e. The molecule has 0 aliphatic carbocycles. The summed E-state index contributed by atoms with van der Waals surface area (Å²) in [6.45, 7) is 4.04. The van der Waals surface area contributed by atoms with Crippen LogP contribution in [0.1, 0.15) is 46.0 Å². The second-order valence-electron chi connectivity index (χ2n) is 4.16. The number of rotatable bonds is 10. The molecule has 0 aliphatic rings. The van der Waals surface area contributed by atoms with E-state index >= 15 is 0 Å². The third kappa shape index (κ3) is 11.6. The van der Waals surface area contributed by atoms with E-state index in [-0.39, 0.29) is 18.4 Å². The van der Waals surface area contributed by atoms with Crippen molar-refractivity contribution in [3.63, 3.8) is 0 Å². The van der Waals surface area contributed by atoms with Crippen LogP contribution in [0.25, 0.3) is 0 Å². The quantitative estimate of drug-likeness (QED) is 0.592. The number of carboxylic acid groups (broad SMARTS) is 1. The molecule has 0 spiro atoms. The van der Waals surface area contributed by atoms with E-state index in [4.69, 9.17) is 5.11 Å². The van der Waals surface area contributed by atoms with Gasteiger partial charge in [-0.2, -0.15) is 11.8 Å². The van der Waals surface area contributed by atoms with Gasteiger partial charge in [0.1, 0.15) is 0 Å². The summed E-state index contributed by atoms with van der Waals surface area (Å²) in [7, 11) is 0. The Morgan fingerprint density at radius 3 is 2.65 bits per heavy atom. The van der Waals surface area contributed by atoms with E-state index in [0.717, 1.165) is 25.0 Å². The first kappa shape index (κ1) is 16.3. The highest BCUT2D eigenvalue weighted by Gasteiger charge is 2.07. The molecule has 0 fully saturated rings. The molecule has 0 aromatic rings. The number of unbranched alkanes of at least 4 members (excludes halogenated alkanes) is 1. The third-order valence-electron chi connectivity index (χ3n) is 2.31. The van der Waals surface area contributed by atoms with Crippen LogP contribution in [-0.4, -0.2) is 34.5 Å². The van der Waals surface area contributed by atoms with Gasteiger partial charge in [0.2, 0.25) is 5.91 Å². The van der Waals surface area contributed by atoms with Crippen LogP contribution in [0.15, 0.2) is 0 Å². The molecular formula is C12H23NO3S. The van der Waals surface area contributed by atoms with Crippen molar-refractivity contribution in [1.82, 2.24) is 5.32 Å². The third-order valence-corrected chi connectivity index (χ3v) is 3.35. The summed E-state index contributed by atoms with van der Waals surface area (Å²) >= 11 is 1.65. The van der Waals surface area contributed by atoms with Crippen LogP contribution < -0.4 is 5.32 Å². The summed E-state index contributed by atoms with van der Waals surface area (Å²) in [6.07, 6.45) is 3.80. The number of carbonyl (C=O) groups excluding carboxylic acids is 1. The maximum Gasteiger partial charge on any atom is 0.303 e. The Morgan fingerprint density at radius 1 is 1.35 bits per heavy atom. The van der Waals surface area contributed by atoms with E-state index in [1.54, 1.807) is 11.8 Å². The van der Waals surface area contributed by atoms with Gasteiger partial charge in [-0.05, 0) is 31.9 Å². The average Bonchev–Trinajstić information content (AvgIpc) is 2.23. The van der Waals surface area contributed by atoms with Gasteiger partial charge in [-0.3, -0.25) is 9.59 Å². The predicted octanol–water partition coefficient (Wildman–Crippen LogP) is 2.28. The van der Waals surface area contributed by atoms with Crippen molar-refractivity contribution >= 4 is 23.6 Å². The Kier molecular flexibility index (Phi) is 10.0. The fourth-order valence-corrected chi connectivity index (χ4v) is 2.27. The van der Waals surface area contributed by atoms with Crippen molar-refractivity contribution < 1.29 is 14.7 Å².